The fourth-order valence-corrected chi connectivity index (χ4v) is 9.92. The van der Waals surface area contributed by atoms with Gasteiger partial charge in [0.1, 0.15) is 63.1 Å². The number of nitrogens with one attached hydrogen (secondary N) is 3. The second-order valence-electron chi connectivity index (χ2n) is 23.7. The smallest absolute Gasteiger partial charge is 0.407 e. The third-order valence-electron chi connectivity index (χ3n) is 13.4. The maximum Gasteiger partial charge on any atom is 0.407 e. The van der Waals surface area contributed by atoms with E-state index in [1.165, 1.54) is 41.9 Å². The van der Waals surface area contributed by atoms with Crippen LogP contribution in [0.25, 0.3) is 0 Å². The molecule has 482 valence electrons. The van der Waals surface area contributed by atoms with Crippen LogP contribution in [0.15, 0.2) is 48.5 Å². The first-order valence-electron chi connectivity index (χ1n) is 28.3. The Kier molecular flexibility index (Phi) is 30.1. The molecule has 4 aliphatic rings. The average Bonchev–Trinajstić information content (AvgIpc) is 3.98. The number of hydrogen-bond donors (Lipinski definition) is 5. The summed E-state index contributed by atoms with van der Waals surface area (Å²) < 4.78 is 89.3. The summed E-state index contributed by atoms with van der Waals surface area (Å²) in [5.74, 6) is 0.548. The minimum absolute atomic E-state index is 0. The maximum absolute atomic E-state index is 14.3. The van der Waals surface area contributed by atoms with E-state index in [9.17, 15) is 37.1 Å². The van der Waals surface area contributed by atoms with Gasteiger partial charge in [-0.25, -0.2) is 31.9 Å². The molecule has 4 saturated carbocycles. The molecule has 6 N–H and O–H groups in total. The third-order valence-corrected chi connectivity index (χ3v) is 14.6. The molecule has 0 saturated heterocycles. The molecule has 4 fully saturated rings. The van der Waals surface area contributed by atoms with Crippen LogP contribution in [-0.2, 0) is 14.2 Å². The molecule has 14 nitrogen and oxygen atoms in total. The van der Waals surface area contributed by atoms with E-state index in [-0.39, 0.29) is 91.1 Å². The Labute approximate surface area is 544 Å². The molecule has 0 bridgehead atoms. The standard InChI is InChI=1S/C17H23ClFNO3.C16H21ClFNO3.C15H19ClFNO3.C12H15ClFNO.C2H5I.ClH/c1-5-22-13-7-6-12(18)15(19)14(13)11-8-10(11)9-20-16(21)23-17(2,3)4;1-16(2,3)22-15(20)19-8-9-7-10(9)13-12(21-4)6-5-11(17)14(13)18;1-15(2,3)21-14(20)18-7-8-6-9(8)12-11(19)5-4-10(16)13(12)17;1-2-16-10-4-3-9(13)12(14)11(10)8-5-7(8)6-15;1-2-3;/h6-7,10-11H,5,8-9H2,1-4H3,(H,20,21);5-6,9-10H,7-8H2,1-4H3,(H,19,20);4-5,8-9,19H,6-7H2,1-3H3,(H,18,20);3-4,7-8H,2,5-6,15H2,1H3;2H2,1H3;1H. The van der Waals surface area contributed by atoms with Gasteiger partial charge in [0.25, 0.3) is 0 Å². The number of phenolic OH excluding ortho intramolecular Hbond substituents is 1. The molecule has 0 heterocycles. The van der Waals surface area contributed by atoms with Crippen molar-refractivity contribution in [3.8, 4) is 23.0 Å². The van der Waals surface area contributed by atoms with Crippen molar-refractivity contribution in [3.63, 3.8) is 0 Å². The summed E-state index contributed by atoms with van der Waals surface area (Å²) in [5.41, 5.74) is 5.80. The Morgan fingerprint density at radius 3 is 1.08 bits per heavy atom. The van der Waals surface area contributed by atoms with E-state index < -0.39 is 52.5 Å². The molecule has 3 amide bonds. The van der Waals surface area contributed by atoms with Crippen molar-refractivity contribution in [3.05, 3.63) is 114 Å². The van der Waals surface area contributed by atoms with Crippen molar-refractivity contribution in [2.24, 2.45) is 29.4 Å². The normalized spacial score (nSPS) is 20.3. The number of halogens is 10. The Morgan fingerprint density at radius 1 is 0.523 bits per heavy atom. The molecule has 4 aromatic rings. The number of phenols is 1. The fraction of sp³-hybridized carbons (Fsp3) is 0.565. The molecule has 8 atom stereocenters. The molecule has 0 spiro atoms. The van der Waals surface area contributed by atoms with E-state index in [0.717, 1.165) is 19.3 Å². The van der Waals surface area contributed by atoms with E-state index in [2.05, 4.69) is 45.5 Å². The fourth-order valence-electron chi connectivity index (χ4n) is 9.26. The summed E-state index contributed by atoms with van der Waals surface area (Å²) in [6.07, 6.45) is 1.77. The molecule has 8 unspecified atom stereocenters. The average molecular weight is 1430 g/mol. The van der Waals surface area contributed by atoms with Gasteiger partial charge in [-0.2, -0.15) is 0 Å². The van der Waals surface area contributed by atoms with Gasteiger partial charge in [-0.05, 0) is 209 Å². The van der Waals surface area contributed by atoms with E-state index in [1.807, 2.05) is 34.6 Å². The Balaban J connectivity index is 0.000000296. The van der Waals surface area contributed by atoms with Crippen LogP contribution >= 0.6 is 81.4 Å². The van der Waals surface area contributed by atoms with Crippen LogP contribution in [0.4, 0.5) is 31.9 Å². The quantitative estimate of drug-likeness (QED) is 0.0311. The van der Waals surface area contributed by atoms with Gasteiger partial charge >= 0.3 is 18.3 Å². The van der Waals surface area contributed by atoms with Gasteiger partial charge in [-0.1, -0.05) is 75.9 Å². The Bertz CT molecular complexity index is 2900. The molecule has 0 aromatic heterocycles. The lowest BCUT2D eigenvalue weighted by atomic mass is 10.1. The number of aromatic hydroxyl groups is 1. The van der Waals surface area contributed by atoms with Crippen LogP contribution in [0.3, 0.4) is 0 Å². The predicted octanol–water partition coefficient (Wildman–Crippen LogP) is 17.2. The topological polar surface area (TPSA) is 189 Å². The van der Waals surface area contributed by atoms with Crippen molar-refractivity contribution < 1.29 is 65.5 Å². The van der Waals surface area contributed by atoms with E-state index in [1.54, 1.807) is 59.7 Å². The molecule has 0 aliphatic heterocycles. The molecule has 4 aliphatic carbocycles. The van der Waals surface area contributed by atoms with Crippen molar-refractivity contribution in [2.75, 3.05) is 50.9 Å². The minimum Gasteiger partial charge on any atom is -0.508 e. The zero-order chi connectivity index (χ0) is 63.9. The minimum atomic E-state index is -0.582. The molecule has 4 aromatic carbocycles. The largest absolute Gasteiger partial charge is 0.508 e. The number of hydrogen-bond acceptors (Lipinski definition) is 11. The second-order valence-corrected chi connectivity index (χ2v) is 26.9. The van der Waals surface area contributed by atoms with Crippen molar-refractivity contribution in [2.45, 2.75) is 149 Å². The SMILES string of the molecule is CC(C)(C)OC(=O)NCC1CC1c1c(O)ccc(Cl)c1F.CCI.CCOc1ccc(Cl)c(F)c1C1CC1CN.CCOc1ccc(Cl)c(F)c1C1CC1CNC(=O)OC(C)(C)C.COc1ccc(Cl)c(F)c1C1CC1CNC(=O)OC(C)(C)C.Cl. The van der Waals surface area contributed by atoms with E-state index in [0.29, 0.717) is 85.7 Å². The van der Waals surface area contributed by atoms with Gasteiger partial charge in [0, 0.05) is 41.9 Å². The number of rotatable bonds is 16. The zero-order valence-electron chi connectivity index (χ0n) is 51.0. The number of amides is 3. The van der Waals surface area contributed by atoms with Gasteiger partial charge < -0.3 is 55.2 Å². The van der Waals surface area contributed by atoms with Crippen LogP contribution in [0.1, 0.15) is 155 Å². The first-order chi connectivity index (χ1) is 39.7. The molecular formula is C62H84Cl5F4IN4O10. The highest BCUT2D eigenvalue weighted by molar-refractivity contribution is 14.1. The van der Waals surface area contributed by atoms with Crippen LogP contribution < -0.4 is 35.9 Å². The number of carbonyl (C=O) groups is 3. The van der Waals surface area contributed by atoms with Gasteiger partial charge in [0.05, 0.1) is 40.4 Å². The van der Waals surface area contributed by atoms with Crippen LogP contribution in [-0.4, -0.2) is 91.1 Å². The van der Waals surface area contributed by atoms with Crippen LogP contribution in [0, 0.1) is 46.9 Å². The third kappa shape index (κ3) is 23.9. The summed E-state index contributed by atoms with van der Waals surface area (Å²) in [5, 5.41) is 18.2. The van der Waals surface area contributed by atoms with E-state index >= 15 is 0 Å². The molecule has 24 heteroatoms. The Hall–Kier alpha value is -4.25. The summed E-state index contributed by atoms with van der Waals surface area (Å²) in [6, 6.07) is 12.3. The lowest BCUT2D eigenvalue weighted by Crippen LogP contribution is -2.33. The highest BCUT2D eigenvalue weighted by Crippen LogP contribution is 2.55. The van der Waals surface area contributed by atoms with E-state index in [4.69, 9.17) is 80.6 Å². The monoisotopic (exact) mass is 1420 g/mol. The van der Waals surface area contributed by atoms with Crippen molar-refractivity contribution in [1.29, 1.82) is 0 Å². The highest BCUT2D eigenvalue weighted by atomic mass is 127. The summed E-state index contributed by atoms with van der Waals surface area (Å²) in [4.78, 5) is 34.8. The molecule has 0 radical (unpaired) electrons. The van der Waals surface area contributed by atoms with Crippen molar-refractivity contribution >= 4 is 99.7 Å². The lowest BCUT2D eigenvalue weighted by Gasteiger charge is -2.19. The maximum atomic E-state index is 14.3. The van der Waals surface area contributed by atoms with Gasteiger partial charge in [0.15, 0.2) is 0 Å². The molecule has 86 heavy (non-hydrogen) atoms. The number of alkyl carbamates (subject to hydrolysis) is 3. The Morgan fingerprint density at radius 2 is 0.791 bits per heavy atom. The van der Waals surface area contributed by atoms with Crippen molar-refractivity contribution in [1.82, 2.24) is 16.0 Å². The van der Waals surface area contributed by atoms with Gasteiger partial charge in [0.2, 0.25) is 0 Å². The summed E-state index contributed by atoms with van der Waals surface area (Å²) in [6.45, 7) is 24.9. The summed E-state index contributed by atoms with van der Waals surface area (Å²) in [7, 11) is 1.50. The second kappa shape index (κ2) is 34.1. The first-order valence-corrected chi connectivity index (χ1v) is 31.3. The summed E-state index contributed by atoms with van der Waals surface area (Å²) >= 11 is 25.5. The molecule has 8 rings (SSSR count). The first kappa shape index (κ1) is 76.0. The van der Waals surface area contributed by atoms with Gasteiger partial charge in [-0.15, -0.1) is 12.4 Å². The number of alkyl halides is 1. The predicted molar refractivity (Wildman–Crippen MR) is 343 cm³/mol. The number of methoxy groups -OCH3 is 1. The zero-order valence-corrected chi connectivity index (χ0v) is 57.0. The van der Waals surface area contributed by atoms with Crippen LogP contribution in [0.5, 0.6) is 23.0 Å². The number of ether oxygens (including phenoxy) is 6. The number of carbonyl (C=O) groups excluding carboxylic acids is 3. The highest BCUT2D eigenvalue weighted by Gasteiger charge is 2.45. The molecular weight excluding hydrogens is 1340 g/mol. The number of benzene rings is 4. The lowest BCUT2D eigenvalue weighted by molar-refractivity contribution is 0.0513. The number of nitrogens with two attached hydrogens (primary N) is 1. The van der Waals surface area contributed by atoms with Crippen LogP contribution in [0.2, 0.25) is 20.1 Å². The van der Waals surface area contributed by atoms with Gasteiger partial charge in [-0.3, -0.25) is 0 Å².